The van der Waals surface area contributed by atoms with E-state index < -0.39 is 128 Å². The lowest BCUT2D eigenvalue weighted by Gasteiger charge is -2.26. The molecule has 0 radical (unpaired) electrons. The largest absolute Gasteiger partial charge is 0.360 e. The van der Waals surface area contributed by atoms with Crippen molar-refractivity contribution < 1.29 is 88.9 Å². The van der Waals surface area contributed by atoms with Gasteiger partial charge in [0.05, 0.1) is 54.9 Å². The number of anilines is 2. The number of sulfonamides is 6. The number of rotatable bonds is 28. The van der Waals surface area contributed by atoms with Crippen LogP contribution in [-0.2, 0) is 118 Å². The number of allylic oxidation sites excluding steroid dienone is 6. The molecule has 774 valence electrons. The molecule has 8 aliphatic rings. The van der Waals surface area contributed by atoms with E-state index in [4.69, 9.17) is 0 Å². The van der Waals surface area contributed by atoms with E-state index >= 15 is 0 Å². The van der Waals surface area contributed by atoms with Crippen molar-refractivity contribution in [3.8, 4) is 22.3 Å². The van der Waals surface area contributed by atoms with Crippen LogP contribution >= 0.6 is 0 Å². The molecular weight excluding hydrogens is 2010 g/mol. The van der Waals surface area contributed by atoms with Gasteiger partial charge in [0.1, 0.15) is 19.6 Å². The average molecular weight is 2130 g/mol. The van der Waals surface area contributed by atoms with E-state index in [1.54, 1.807) is 139 Å². The van der Waals surface area contributed by atoms with E-state index in [-0.39, 0.29) is 94.2 Å². The first kappa shape index (κ1) is 107. The number of fused-ring (bicyclic) bond motifs is 6. The minimum absolute atomic E-state index is 0.00328. The van der Waals surface area contributed by atoms with Gasteiger partial charge in [0.15, 0.2) is 10.1 Å². The van der Waals surface area contributed by atoms with Crippen molar-refractivity contribution in [1.29, 1.82) is 0 Å². The molecule has 2 aliphatic heterocycles. The second kappa shape index (κ2) is 40.9. The highest BCUT2D eigenvalue weighted by Gasteiger charge is 2.60. The van der Waals surface area contributed by atoms with Gasteiger partial charge in [0.2, 0.25) is 47.3 Å². The summed E-state index contributed by atoms with van der Waals surface area (Å²) < 4.78 is 165. The fourth-order valence-electron chi connectivity index (χ4n) is 18.9. The van der Waals surface area contributed by atoms with Gasteiger partial charge in [-0.05, 0) is 181 Å². The quantitative estimate of drug-likeness (QED) is 0.0203. The number of hydrogen-bond donors (Lipinski definition) is 12. The van der Waals surface area contributed by atoms with Gasteiger partial charge >= 0.3 is 0 Å². The predicted molar refractivity (Wildman–Crippen MR) is 570 cm³/mol. The van der Waals surface area contributed by atoms with Crippen LogP contribution < -0.4 is 39.0 Å². The van der Waals surface area contributed by atoms with Crippen LogP contribution in [0.25, 0.3) is 65.9 Å². The summed E-state index contributed by atoms with van der Waals surface area (Å²) in [6, 6.07) is 66.7. The molecule has 13 atom stereocenters. The zero-order valence-electron chi connectivity index (χ0n) is 82.5. The predicted octanol–water partition coefficient (Wildman–Crippen LogP) is 16.7. The third-order valence-corrected chi connectivity index (χ3v) is 37.8. The van der Waals surface area contributed by atoms with Crippen LogP contribution in [0.3, 0.4) is 0 Å². The lowest BCUT2D eigenvalue weighted by atomic mass is 9.88. The Labute approximate surface area is 864 Å². The molecule has 6 fully saturated rings. The third kappa shape index (κ3) is 22.2. The zero-order valence-corrected chi connectivity index (χ0v) is 87.3. The standard InChI is InChI=1S/C23H24N2O4S.2C21H20N2O3S.C16H18N2O4S.2C15H16N2O3S/c1-3-18-14-23(18,2)22(27)25-30(28,29)19-11-7-10-16-13-17(21(26)24-20(16)19)12-15-8-5-4-6-9-15;1-3-15-12-21(15,2)20(24)23-27(25,26)18-11-7-10-16-17(13-22-19(16)18)14-8-5-4-6-9-14;1-3-17-13-21(17,2)20(24)23-27(25,26)19-12-16-10-9-15(11-18(16)22-19)14-7-5-4-6-8-14;1-3-11-9-16(11,2)15(20)18-23(21,22)12-6-4-5-10-7-8-13(19)17-14(10)12;1-3-11-9-15(11,2)14(18)17-21(19,20)12-6-4-5-10-7-8-16-13(10)12;1-3-11-9-15(11,2)14(18)17-21(19,20)13-8-10-6-4-5-7-12(10)16-13/h3-11,17-18H,1,12-14H2,2H3,(H,24,26)(H,25,27);3-11,13,15,22H,1,12H2,2H3,(H,23,24);3-12,17,22H,1,13H2,2H3,(H,23,24);3-6,11H,1,7-9H2,2H3,(H,17,19)(H,18,20);2*3-8,11,16H,1,9H2,2H3,(H,17,18)/t17?,18-,23+;15-,21+;17-,21+;11-,16+;2*11-,15+/m111111/s1. The molecule has 6 saturated carbocycles. The Morgan fingerprint density at radius 2 is 0.711 bits per heavy atom. The fraction of sp³-hybridized carbons (Fsp3) is 0.261. The van der Waals surface area contributed by atoms with Crippen molar-refractivity contribution in [2.75, 3.05) is 10.6 Å². The summed E-state index contributed by atoms with van der Waals surface area (Å²) in [6.45, 7) is 32.4. The summed E-state index contributed by atoms with van der Waals surface area (Å²) >= 11 is 0. The molecule has 0 bridgehead atoms. The summed E-state index contributed by atoms with van der Waals surface area (Å²) in [5.41, 5.74) is 5.18. The van der Waals surface area contributed by atoms with E-state index in [0.717, 1.165) is 60.5 Å². The number of H-pyrrole nitrogens is 4. The van der Waals surface area contributed by atoms with E-state index in [0.29, 0.717) is 86.3 Å². The number of hydrogen-bond acceptors (Lipinski definition) is 20. The van der Waals surface area contributed by atoms with Gasteiger partial charge in [0, 0.05) is 62.9 Å². The molecule has 0 spiro atoms. The maximum Gasteiger partial charge on any atom is 0.279 e. The highest BCUT2D eigenvalue weighted by molar-refractivity contribution is 7.91. The van der Waals surface area contributed by atoms with E-state index in [9.17, 15) is 88.9 Å². The molecule has 149 heavy (non-hydrogen) atoms. The average Bonchev–Trinajstić information content (AvgIpc) is 1.62. The SMILES string of the molecule is C=C[C@@H]1C[C@]1(C)C(=O)NS(=O)(=O)c1cc2ccc(-c3ccccc3)cc2[nH]1.C=C[C@@H]1C[C@]1(C)C(=O)NS(=O)(=O)c1cc2ccccc2[nH]1.C=C[C@@H]1C[C@]1(C)C(=O)NS(=O)(=O)c1cccc2c(-c3ccccc3)c[nH]c12.C=C[C@@H]1C[C@]1(C)C(=O)NS(=O)(=O)c1cccc2c1NC(=O)C(Cc1ccccc1)C2.C=C[C@@H]1C[C@]1(C)C(=O)NS(=O)(=O)c1cccc2c1NC(=O)CC2.C=C[C@@H]1C[C@]1(C)C(=O)NS(=O)(=O)c1cccc2cc[nH]c12. The molecule has 32 nitrogen and oxygen atoms in total. The maximum absolute atomic E-state index is 13.0. The number of amides is 8. The van der Waals surface area contributed by atoms with Crippen molar-refractivity contribution in [3.05, 3.63) is 329 Å². The minimum atomic E-state index is -4.12. The van der Waals surface area contributed by atoms with Crippen LogP contribution in [0.2, 0.25) is 0 Å². The molecule has 1 unspecified atom stereocenters. The Morgan fingerprint density at radius 1 is 0.342 bits per heavy atom. The third-order valence-electron chi connectivity index (χ3n) is 29.8. The zero-order chi connectivity index (χ0) is 107. The number of carbonyl (C=O) groups excluding carboxylic acids is 8. The Kier molecular flexibility index (Phi) is 29.3. The molecule has 4 aromatic heterocycles. The highest BCUT2D eigenvalue weighted by atomic mass is 32.2. The van der Waals surface area contributed by atoms with Crippen molar-refractivity contribution >= 4 is 162 Å². The van der Waals surface area contributed by atoms with Crippen molar-refractivity contribution in [3.63, 3.8) is 0 Å². The molecule has 38 heteroatoms. The van der Waals surface area contributed by atoms with Gasteiger partial charge in [-0.1, -0.05) is 248 Å². The van der Waals surface area contributed by atoms with E-state index in [2.05, 4.69) is 98.4 Å². The first-order valence-corrected chi connectivity index (χ1v) is 56.9. The normalized spacial score (nSPS) is 23.9. The molecule has 6 heterocycles. The van der Waals surface area contributed by atoms with Gasteiger partial charge in [-0.15, -0.1) is 39.5 Å². The lowest BCUT2D eigenvalue weighted by Crippen LogP contribution is -2.38. The summed E-state index contributed by atoms with van der Waals surface area (Å²) in [6.07, 6.45) is 19.0. The van der Waals surface area contributed by atoms with Crippen LogP contribution in [0, 0.1) is 73.9 Å². The summed E-state index contributed by atoms with van der Waals surface area (Å²) in [4.78, 5) is 110. The molecule has 0 saturated heterocycles. The minimum Gasteiger partial charge on any atom is -0.360 e. The van der Waals surface area contributed by atoms with Crippen LogP contribution in [0.1, 0.15) is 103 Å². The molecule has 13 aromatic rings. The van der Waals surface area contributed by atoms with Crippen LogP contribution in [0.4, 0.5) is 11.4 Å². The van der Waals surface area contributed by atoms with Gasteiger partial charge < -0.3 is 30.6 Å². The van der Waals surface area contributed by atoms with Gasteiger partial charge in [-0.3, -0.25) is 38.4 Å². The molecular formula is C111H114N12O20S6. The number of benzene rings is 9. The second-order valence-electron chi connectivity index (χ2n) is 40.1. The van der Waals surface area contributed by atoms with Crippen molar-refractivity contribution in [1.82, 2.24) is 48.3 Å². The van der Waals surface area contributed by atoms with E-state index in [1.807, 2.05) is 146 Å². The van der Waals surface area contributed by atoms with Crippen molar-refractivity contribution in [2.45, 2.75) is 135 Å². The number of para-hydroxylation sites is 5. The Morgan fingerprint density at radius 3 is 1.16 bits per heavy atom. The topological polar surface area (TPSA) is 501 Å². The maximum atomic E-state index is 13.0. The fourth-order valence-corrected chi connectivity index (χ4v) is 26.3. The monoisotopic (exact) mass is 2130 g/mol. The van der Waals surface area contributed by atoms with Gasteiger partial charge in [0.25, 0.3) is 60.1 Å². The van der Waals surface area contributed by atoms with E-state index in [1.165, 1.54) is 30.3 Å². The first-order valence-electron chi connectivity index (χ1n) is 48.0. The number of aromatic nitrogens is 4. The molecule has 6 aliphatic carbocycles. The highest BCUT2D eigenvalue weighted by Crippen LogP contribution is 2.58. The number of aryl methyl sites for hydroxylation is 1. The number of nitrogens with one attached hydrogen (secondary N) is 12. The Bertz CT molecular complexity index is 8390. The van der Waals surface area contributed by atoms with Crippen LogP contribution in [-0.4, -0.2) is 118 Å². The number of aromatic amines is 4. The van der Waals surface area contributed by atoms with Gasteiger partial charge in [-0.2, -0.15) is 16.8 Å². The van der Waals surface area contributed by atoms with Crippen LogP contribution in [0.15, 0.2) is 342 Å². The molecule has 8 amide bonds. The van der Waals surface area contributed by atoms with Gasteiger partial charge in [-0.25, -0.2) is 62.0 Å². The number of carbonyl (C=O) groups is 8. The smallest absolute Gasteiger partial charge is 0.279 e. The Hall–Kier alpha value is -15.0. The van der Waals surface area contributed by atoms with Crippen molar-refractivity contribution in [2.24, 2.45) is 73.9 Å². The Balaban J connectivity index is 0.000000128. The summed E-state index contributed by atoms with van der Waals surface area (Å²) in [5.74, 6) is -3.70. The summed E-state index contributed by atoms with van der Waals surface area (Å²) in [5, 5.41) is 8.47. The molecule has 21 rings (SSSR count). The molecule has 12 N–H and O–H groups in total. The second-order valence-corrected chi connectivity index (χ2v) is 50.0. The lowest BCUT2D eigenvalue weighted by molar-refractivity contribution is -0.125. The summed E-state index contributed by atoms with van der Waals surface area (Å²) in [7, 11) is -23.9. The molecule has 9 aromatic carbocycles. The van der Waals surface area contributed by atoms with Crippen LogP contribution in [0.5, 0.6) is 0 Å². The first-order chi connectivity index (χ1) is 70.5.